The molecule has 0 amide bonds. The van der Waals surface area contributed by atoms with Gasteiger partial charge in [0.15, 0.2) is 6.79 Å². The Labute approximate surface area is 99.5 Å². The summed E-state index contributed by atoms with van der Waals surface area (Å²) in [7, 11) is 2.80. The molecule has 0 aliphatic carbocycles. The molecule has 0 aliphatic rings. The molecule has 5 nitrogen and oxygen atoms in total. The third-order valence-electron chi connectivity index (χ3n) is 2.09. The topological polar surface area (TPSA) is 68.6 Å². The summed E-state index contributed by atoms with van der Waals surface area (Å²) in [4.78, 5) is 11.3. The lowest BCUT2D eigenvalue weighted by Gasteiger charge is -2.10. The van der Waals surface area contributed by atoms with Gasteiger partial charge in [0, 0.05) is 12.7 Å². The summed E-state index contributed by atoms with van der Waals surface area (Å²) >= 11 is 0. The Morgan fingerprint density at radius 1 is 1.41 bits per heavy atom. The van der Waals surface area contributed by atoms with Gasteiger partial charge in [-0.3, -0.25) is 0 Å². The lowest BCUT2D eigenvalue weighted by molar-refractivity contribution is 0.0498. The molecule has 0 fully saturated rings. The number of esters is 1. The van der Waals surface area contributed by atoms with Gasteiger partial charge in [-0.1, -0.05) is 6.07 Å². The van der Waals surface area contributed by atoms with E-state index < -0.39 is 5.97 Å². The fourth-order valence-electron chi connectivity index (χ4n) is 1.29. The van der Waals surface area contributed by atoms with Crippen LogP contribution in [0.4, 0.5) is 0 Å². The maximum atomic E-state index is 11.3. The molecule has 0 heterocycles. The number of hydrogen-bond donors (Lipinski definition) is 0. The number of carbonyl (C=O) groups excluding carboxylic acids is 1. The molecule has 1 rings (SSSR count). The van der Waals surface area contributed by atoms with Crippen LogP contribution < -0.4 is 4.74 Å². The van der Waals surface area contributed by atoms with Gasteiger partial charge in [-0.15, -0.1) is 0 Å². The maximum Gasteiger partial charge on any atom is 0.337 e. The number of methoxy groups -OCH3 is 2. The molecule has 0 radical (unpaired) electrons. The lowest BCUT2D eigenvalue weighted by atomic mass is 10.1. The van der Waals surface area contributed by atoms with E-state index in [2.05, 4.69) is 4.74 Å². The molecule has 0 unspecified atom stereocenters. The summed E-state index contributed by atoms with van der Waals surface area (Å²) < 4.78 is 14.7. The van der Waals surface area contributed by atoms with Gasteiger partial charge in [0.1, 0.15) is 5.75 Å². The molecular formula is C12H13NO4. The molecule has 0 saturated carbocycles. The molecule has 0 saturated heterocycles. The van der Waals surface area contributed by atoms with Crippen LogP contribution in [0, 0.1) is 11.3 Å². The van der Waals surface area contributed by atoms with Crippen LogP contribution in [0.15, 0.2) is 18.2 Å². The third kappa shape index (κ3) is 3.47. The number of rotatable bonds is 5. The summed E-state index contributed by atoms with van der Waals surface area (Å²) in [6.45, 7) is 0.0586. The molecule has 1 aromatic carbocycles. The second kappa shape index (κ2) is 6.51. The van der Waals surface area contributed by atoms with Crippen molar-refractivity contribution in [3.63, 3.8) is 0 Å². The first kappa shape index (κ1) is 13.0. The van der Waals surface area contributed by atoms with Crippen LogP contribution in [0.1, 0.15) is 15.9 Å². The second-order valence-electron chi connectivity index (χ2n) is 3.20. The van der Waals surface area contributed by atoms with Crippen molar-refractivity contribution in [1.82, 2.24) is 0 Å². The van der Waals surface area contributed by atoms with Gasteiger partial charge in [0.05, 0.1) is 25.2 Å². The summed E-state index contributed by atoms with van der Waals surface area (Å²) in [6, 6.07) is 6.83. The van der Waals surface area contributed by atoms with Gasteiger partial charge < -0.3 is 14.2 Å². The third-order valence-corrected chi connectivity index (χ3v) is 2.09. The highest BCUT2D eigenvalue weighted by atomic mass is 16.7. The van der Waals surface area contributed by atoms with E-state index >= 15 is 0 Å². The average molecular weight is 235 g/mol. The summed E-state index contributed by atoms with van der Waals surface area (Å²) in [5.74, 6) is 0.00655. The maximum absolute atomic E-state index is 11.3. The van der Waals surface area contributed by atoms with E-state index in [4.69, 9.17) is 14.7 Å². The van der Waals surface area contributed by atoms with Crippen LogP contribution in [-0.2, 0) is 15.9 Å². The van der Waals surface area contributed by atoms with Crippen LogP contribution in [0.25, 0.3) is 0 Å². The van der Waals surface area contributed by atoms with E-state index in [1.165, 1.54) is 20.3 Å². The van der Waals surface area contributed by atoms with E-state index in [0.717, 1.165) is 0 Å². The van der Waals surface area contributed by atoms with Crippen molar-refractivity contribution in [2.45, 2.75) is 6.42 Å². The van der Waals surface area contributed by atoms with Crippen molar-refractivity contribution in [2.24, 2.45) is 0 Å². The second-order valence-corrected chi connectivity index (χ2v) is 3.20. The minimum Gasteiger partial charge on any atom is -0.467 e. The van der Waals surface area contributed by atoms with E-state index in [-0.39, 0.29) is 13.2 Å². The van der Waals surface area contributed by atoms with Gasteiger partial charge in [-0.2, -0.15) is 5.26 Å². The Hall–Kier alpha value is -2.06. The van der Waals surface area contributed by atoms with Crippen molar-refractivity contribution in [3.8, 4) is 11.8 Å². The van der Waals surface area contributed by atoms with Crippen LogP contribution in [0.2, 0.25) is 0 Å². The number of benzene rings is 1. The summed E-state index contributed by atoms with van der Waals surface area (Å²) in [5, 5.41) is 8.67. The Morgan fingerprint density at radius 3 is 2.76 bits per heavy atom. The van der Waals surface area contributed by atoms with E-state index in [1.54, 1.807) is 12.1 Å². The van der Waals surface area contributed by atoms with E-state index in [0.29, 0.717) is 16.9 Å². The van der Waals surface area contributed by atoms with Gasteiger partial charge in [-0.25, -0.2) is 4.79 Å². The molecule has 0 spiro atoms. The molecule has 17 heavy (non-hydrogen) atoms. The molecule has 0 aliphatic heterocycles. The Bertz CT molecular complexity index is 437. The number of ether oxygens (including phenoxy) is 3. The van der Waals surface area contributed by atoms with Crippen LogP contribution in [-0.4, -0.2) is 27.0 Å². The Morgan fingerprint density at radius 2 is 2.18 bits per heavy atom. The van der Waals surface area contributed by atoms with Crippen molar-refractivity contribution in [1.29, 1.82) is 5.26 Å². The first-order valence-electron chi connectivity index (χ1n) is 4.92. The molecule has 0 atom stereocenters. The largest absolute Gasteiger partial charge is 0.467 e. The van der Waals surface area contributed by atoms with Gasteiger partial charge in [0.25, 0.3) is 0 Å². The van der Waals surface area contributed by atoms with Crippen LogP contribution in [0.3, 0.4) is 0 Å². The fourth-order valence-corrected chi connectivity index (χ4v) is 1.29. The quantitative estimate of drug-likeness (QED) is 0.571. The lowest BCUT2D eigenvalue weighted by Crippen LogP contribution is -2.05. The van der Waals surface area contributed by atoms with Gasteiger partial charge >= 0.3 is 5.97 Å². The molecule has 90 valence electrons. The zero-order valence-electron chi connectivity index (χ0n) is 9.73. The van der Waals surface area contributed by atoms with Crippen LogP contribution in [0.5, 0.6) is 5.75 Å². The normalized spacial score (nSPS) is 9.47. The van der Waals surface area contributed by atoms with Crippen LogP contribution >= 0.6 is 0 Å². The number of nitriles is 1. The summed E-state index contributed by atoms with van der Waals surface area (Å²) in [6.07, 6.45) is 0.209. The van der Waals surface area contributed by atoms with Crippen molar-refractivity contribution < 1.29 is 19.0 Å². The minimum atomic E-state index is -0.448. The van der Waals surface area contributed by atoms with E-state index in [1.807, 2.05) is 6.07 Å². The molecule has 0 aromatic heterocycles. The van der Waals surface area contributed by atoms with Gasteiger partial charge in [-0.05, 0) is 12.1 Å². The van der Waals surface area contributed by atoms with Gasteiger partial charge in [0.2, 0.25) is 0 Å². The summed E-state index contributed by atoms with van der Waals surface area (Å²) in [5.41, 5.74) is 1.08. The minimum absolute atomic E-state index is 0.0586. The standard InChI is InChI=1S/C12H13NO4/c1-15-8-17-11-7-10(12(14)16-2)4-3-9(11)5-6-13/h3-4,7H,5,8H2,1-2H3. The Balaban J connectivity index is 3.01. The van der Waals surface area contributed by atoms with Crippen molar-refractivity contribution >= 4 is 5.97 Å². The average Bonchev–Trinajstić information content (AvgIpc) is 2.37. The molecule has 0 bridgehead atoms. The van der Waals surface area contributed by atoms with Crippen molar-refractivity contribution in [2.75, 3.05) is 21.0 Å². The first-order valence-corrected chi connectivity index (χ1v) is 4.92. The molecule has 5 heteroatoms. The highest BCUT2D eigenvalue weighted by molar-refractivity contribution is 5.89. The van der Waals surface area contributed by atoms with Crippen molar-refractivity contribution in [3.05, 3.63) is 29.3 Å². The monoisotopic (exact) mass is 235 g/mol. The smallest absolute Gasteiger partial charge is 0.337 e. The zero-order valence-corrected chi connectivity index (χ0v) is 9.73. The highest BCUT2D eigenvalue weighted by Gasteiger charge is 2.10. The van der Waals surface area contributed by atoms with E-state index in [9.17, 15) is 4.79 Å². The predicted molar refractivity (Wildman–Crippen MR) is 59.6 cm³/mol. The first-order chi connectivity index (χ1) is 8.22. The molecule has 0 N–H and O–H groups in total. The molecule has 1 aromatic rings. The number of carbonyl (C=O) groups is 1. The number of nitrogens with zero attached hydrogens (tertiary/aromatic N) is 1. The Kier molecular flexibility index (Phi) is 4.98. The number of hydrogen-bond acceptors (Lipinski definition) is 5. The predicted octanol–water partition coefficient (Wildman–Crippen LogP) is 1.52. The molecular weight excluding hydrogens is 222 g/mol. The fraction of sp³-hybridized carbons (Fsp3) is 0.333. The SMILES string of the molecule is COCOc1cc(C(=O)OC)ccc1CC#N. The zero-order chi connectivity index (χ0) is 12.7. The highest BCUT2D eigenvalue weighted by Crippen LogP contribution is 2.21.